The Balaban J connectivity index is 2.83. The number of aryl methyl sites for hydroxylation is 1. The number of hydrogen-bond acceptors (Lipinski definition) is 0. The minimum absolute atomic E-state index is 0.729. The number of benzene rings is 1. The van der Waals surface area contributed by atoms with Gasteiger partial charge in [0, 0.05) is 0 Å². The maximum atomic E-state index is 12.6. The third-order valence-corrected chi connectivity index (χ3v) is 2.09. The van der Waals surface area contributed by atoms with Gasteiger partial charge < -0.3 is 0 Å². The highest BCUT2D eigenvalue weighted by Gasteiger charge is 2.00. The van der Waals surface area contributed by atoms with E-state index in [1.54, 1.807) is 0 Å². The second-order valence-electron chi connectivity index (χ2n) is 2.50. The Labute approximate surface area is 69.0 Å². The monoisotopic (exact) mass is 170 g/mol. The molecular weight excluding hydrogens is 158 g/mol. The number of rotatable bonds is 2. The summed E-state index contributed by atoms with van der Waals surface area (Å²) in [4.78, 5) is 0. The zero-order valence-corrected chi connectivity index (χ0v) is 7.70. The van der Waals surface area contributed by atoms with E-state index in [9.17, 15) is 4.39 Å². The Morgan fingerprint density at radius 2 is 1.91 bits per heavy atom. The standard InChI is InChI=1S/C9H12FP/c1-2-7-3-5-8(6-4-7)9(10)11/h3-6,9H,2,11H2,1H3. The minimum Gasteiger partial charge on any atom is -0.238 e. The Bertz CT molecular complexity index is 216. The lowest BCUT2D eigenvalue weighted by molar-refractivity contribution is 0.469. The molecule has 0 aliphatic heterocycles. The predicted octanol–water partition coefficient (Wildman–Crippen LogP) is 3.09. The van der Waals surface area contributed by atoms with E-state index in [1.165, 1.54) is 5.56 Å². The quantitative estimate of drug-likeness (QED) is 0.598. The van der Waals surface area contributed by atoms with Crippen LogP contribution in [0.25, 0.3) is 0 Å². The summed E-state index contributed by atoms with van der Waals surface area (Å²) in [7, 11) is 2.14. The highest BCUT2D eigenvalue weighted by Crippen LogP contribution is 2.23. The first kappa shape index (κ1) is 8.67. The lowest BCUT2D eigenvalue weighted by Gasteiger charge is -2.02. The molecule has 0 bridgehead atoms. The SMILES string of the molecule is CCc1ccc(C(F)P)cc1. The first-order valence-electron chi connectivity index (χ1n) is 3.72. The normalized spacial score (nSPS) is 13.0. The maximum Gasteiger partial charge on any atom is 0.138 e. The second-order valence-corrected chi connectivity index (χ2v) is 3.08. The van der Waals surface area contributed by atoms with Gasteiger partial charge >= 0.3 is 0 Å². The summed E-state index contributed by atoms with van der Waals surface area (Å²) < 4.78 is 12.6. The van der Waals surface area contributed by atoms with Crippen LogP contribution >= 0.6 is 9.24 Å². The molecule has 0 fully saturated rings. The van der Waals surface area contributed by atoms with E-state index in [-0.39, 0.29) is 0 Å². The molecule has 0 radical (unpaired) electrons. The summed E-state index contributed by atoms with van der Waals surface area (Å²) in [6, 6.07) is 7.59. The van der Waals surface area contributed by atoms with Crippen LogP contribution in [0, 0.1) is 0 Å². The lowest BCUT2D eigenvalue weighted by Crippen LogP contribution is -1.83. The number of alkyl halides is 1. The van der Waals surface area contributed by atoms with E-state index in [2.05, 4.69) is 16.2 Å². The van der Waals surface area contributed by atoms with Gasteiger partial charge in [-0.3, -0.25) is 0 Å². The highest BCUT2D eigenvalue weighted by atomic mass is 31.0. The summed E-state index contributed by atoms with van der Waals surface area (Å²) >= 11 is 0. The third-order valence-electron chi connectivity index (χ3n) is 1.71. The Morgan fingerprint density at radius 1 is 1.36 bits per heavy atom. The van der Waals surface area contributed by atoms with Crippen LogP contribution in [0.3, 0.4) is 0 Å². The van der Waals surface area contributed by atoms with E-state index in [0.29, 0.717) is 0 Å². The molecule has 2 unspecified atom stereocenters. The van der Waals surface area contributed by atoms with Crippen LogP contribution in [-0.2, 0) is 6.42 Å². The van der Waals surface area contributed by atoms with Crippen LogP contribution in [0.1, 0.15) is 24.0 Å². The average molecular weight is 170 g/mol. The van der Waals surface area contributed by atoms with Crippen molar-refractivity contribution in [1.29, 1.82) is 0 Å². The molecule has 0 aliphatic rings. The average Bonchev–Trinajstić information content (AvgIpc) is 2.05. The molecule has 2 atom stereocenters. The molecule has 0 nitrogen and oxygen atoms in total. The molecule has 60 valence electrons. The Morgan fingerprint density at radius 3 is 2.27 bits per heavy atom. The summed E-state index contributed by atoms with van der Waals surface area (Å²) in [6.07, 6.45) is 1.01. The molecule has 1 aromatic carbocycles. The van der Waals surface area contributed by atoms with Gasteiger partial charge in [0.05, 0.1) is 0 Å². The fourth-order valence-electron chi connectivity index (χ4n) is 0.937. The molecule has 0 heterocycles. The van der Waals surface area contributed by atoms with E-state index >= 15 is 0 Å². The van der Waals surface area contributed by atoms with Crippen LogP contribution in [0.4, 0.5) is 4.39 Å². The fraction of sp³-hybridized carbons (Fsp3) is 0.333. The van der Waals surface area contributed by atoms with Gasteiger partial charge in [-0.25, -0.2) is 4.39 Å². The van der Waals surface area contributed by atoms with Crippen LogP contribution in [0.2, 0.25) is 0 Å². The number of halogens is 1. The van der Waals surface area contributed by atoms with Crippen LogP contribution < -0.4 is 0 Å². The van der Waals surface area contributed by atoms with Gasteiger partial charge in [-0.15, -0.1) is 0 Å². The zero-order valence-electron chi connectivity index (χ0n) is 6.55. The fourth-order valence-corrected chi connectivity index (χ4v) is 1.16. The van der Waals surface area contributed by atoms with Gasteiger partial charge in [0.1, 0.15) is 5.91 Å². The summed E-state index contributed by atoms with van der Waals surface area (Å²) in [5.74, 6) is -0.930. The molecule has 0 saturated heterocycles. The van der Waals surface area contributed by atoms with Crippen molar-refractivity contribution in [3.05, 3.63) is 35.4 Å². The van der Waals surface area contributed by atoms with Gasteiger partial charge in [0.15, 0.2) is 0 Å². The van der Waals surface area contributed by atoms with Crippen molar-refractivity contribution in [2.75, 3.05) is 0 Å². The number of hydrogen-bond donors (Lipinski definition) is 0. The Hall–Kier alpha value is -0.420. The summed E-state index contributed by atoms with van der Waals surface area (Å²) in [6.45, 7) is 2.09. The first-order chi connectivity index (χ1) is 5.24. The molecule has 1 rings (SSSR count). The first-order valence-corrected chi connectivity index (χ1v) is 4.39. The third kappa shape index (κ3) is 2.27. The minimum atomic E-state index is -0.930. The van der Waals surface area contributed by atoms with E-state index < -0.39 is 5.91 Å². The van der Waals surface area contributed by atoms with Crippen molar-refractivity contribution in [3.63, 3.8) is 0 Å². The van der Waals surface area contributed by atoms with Crippen LogP contribution in [0.15, 0.2) is 24.3 Å². The molecule has 0 N–H and O–H groups in total. The van der Waals surface area contributed by atoms with Crippen molar-refractivity contribution < 1.29 is 4.39 Å². The van der Waals surface area contributed by atoms with Crippen molar-refractivity contribution in [2.45, 2.75) is 19.3 Å². The smallest absolute Gasteiger partial charge is 0.138 e. The highest BCUT2D eigenvalue weighted by molar-refractivity contribution is 7.16. The summed E-state index contributed by atoms with van der Waals surface area (Å²) in [5.41, 5.74) is 1.98. The molecule has 1 aromatic rings. The maximum absolute atomic E-state index is 12.6. The topological polar surface area (TPSA) is 0 Å². The van der Waals surface area contributed by atoms with E-state index in [1.807, 2.05) is 24.3 Å². The molecule has 0 spiro atoms. The zero-order chi connectivity index (χ0) is 8.27. The van der Waals surface area contributed by atoms with Gasteiger partial charge in [-0.05, 0) is 17.5 Å². The molecule has 2 heteroatoms. The molecule has 0 saturated carbocycles. The molecule has 0 aromatic heterocycles. The lowest BCUT2D eigenvalue weighted by atomic mass is 10.1. The molecular formula is C9H12FP. The molecule has 0 amide bonds. The molecule has 11 heavy (non-hydrogen) atoms. The van der Waals surface area contributed by atoms with Gasteiger partial charge in [-0.2, -0.15) is 0 Å². The van der Waals surface area contributed by atoms with Crippen molar-refractivity contribution >= 4 is 9.24 Å². The van der Waals surface area contributed by atoms with E-state index in [0.717, 1.165) is 12.0 Å². The van der Waals surface area contributed by atoms with Crippen molar-refractivity contribution in [3.8, 4) is 0 Å². The van der Waals surface area contributed by atoms with Gasteiger partial charge in [0.25, 0.3) is 0 Å². The van der Waals surface area contributed by atoms with Crippen molar-refractivity contribution in [2.24, 2.45) is 0 Å². The summed E-state index contributed by atoms with van der Waals surface area (Å²) in [5, 5.41) is 0. The Kier molecular flexibility index (Phi) is 3.02. The van der Waals surface area contributed by atoms with Crippen LogP contribution in [0.5, 0.6) is 0 Å². The molecule has 0 aliphatic carbocycles. The van der Waals surface area contributed by atoms with Gasteiger partial charge in [-0.1, -0.05) is 40.4 Å². The van der Waals surface area contributed by atoms with Crippen molar-refractivity contribution in [1.82, 2.24) is 0 Å². The van der Waals surface area contributed by atoms with Crippen LogP contribution in [-0.4, -0.2) is 0 Å². The van der Waals surface area contributed by atoms with Gasteiger partial charge in [0.2, 0.25) is 0 Å². The predicted molar refractivity (Wildman–Crippen MR) is 49.4 cm³/mol. The second kappa shape index (κ2) is 3.82. The largest absolute Gasteiger partial charge is 0.238 e. The van der Waals surface area contributed by atoms with E-state index in [4.69, 9.17) is 0 Å².